The third kappa shape index (κ3) is 4.11. The fourth-order valence-corrected chi connectivity index (χ4v) is 1.70. The van der Waals surface area contributed by atoms with E-state index in [-0.39, 0.29) is 5.69 Å². The molecule has 0 bridgehead atoms. The average Bonchev–Trinajstić information content (AvgIpc) is 2.55. The summed E-state index contributed by atoms with van der Waals surface area (Å²) >= 11 is 0. The highest BCUT2D eigenvalue weighted by atomic mass is 16.5. The summed E-state index contributed by atoms with van der Waals surface area (Å²) in [4.78, 5) is 31.8. The molecule has 0 saturated heterocycles. The van der Waals surface area contributed by atoms with Crippen molar-refractivity contribution in [2.75, 3.05) is 5.32 Å². The number of nitrogens with zero attached hydrogens (tertiary/aromatic N) is 3. The molecule has 0 aliphatic heterocycles. The molecule has 1 atom stereocenters. The first-order valence-electron chi connectivity index (χ1n) is 6.81. The Hall–Kier alpha value is -3.27. The minimum absolute atomic E-state index is 0.0210. The lowest BCUT2D eigenvalue weighted by molar-refractivity contribution is -0.123. The van der Waals surface area contributed by atoms with Gasteiger partial charge in [-0.05, 0) is 26.0 Å². The number of aromatic nitrogens is 2. The number of carbonyl (C=O) groups excluding carboxylic acids is 2. The molecule has 2 rings (SSSR count). The van der Waals surface area contributed by atoms with Crippen LogP contribution in [-0.2, 0) is 9.53 Å². The molecule has 2 aromatic rings. The number of rotatable bonds is 4. The predicted molar refractivity (Wildman–Crippen MR) is 81.4 cm³/mol. The monoisotopic (exact) mass is 310 g/mol. The molecule has 23 heavy (non-hydrogen) atoms. The first-order valence-corrected chi connectivity index (χ1v) is 6.81. The number of nitrogens with one attached hydrogen (secondary N) is 1. The summed E-state index contributed by atoms with van der Waals surface area (Å²) in [5.74, 6) is -1.28. The molecule has 1 aromatic carbocycles. The van der Waals surface area contributed by atoms with E-state index in [9.17, 15) is 9.59 Å². The fourth-order valence-electron chi connectivity index (χ4n) is 1.70. The van der Waals surface area contributed by atoms with E-state index in [0.717, 1.165) is 0 Å². The number of hydrogen-bond acceptors (Lipinski definition) is 6. The molecule has 0 saturated carbocycles. The predicted octanol–water partition coefficient (Wildman–Crippen LogP) is 1.84. The quantitative estimate of drug-likeness (QED) is 0.864. The van der Waals surface area contributed by atoms with Crippen molar-refractivity contribution in [2.24, 2.45) is 0 Å². The van der Waals surface area contributed by atoms with Gasteiger partial charge < -0.3 is 10.1 Å². The van der Waals surface area contributed by atoms with Crippen molar-refractivity contribution in [3.63, 3.8) is 0 Å². The second-order valence-corrected chi connectivity index (χ2v) is 4.74. The van der Waals surface area contributed by atoms with E-state index in [4.69, 9.17) is 10.00 Å². The van der Waals surface area contributed by atoms with Crippen molar-refractivity contribution in [1.82, 2.24) is 9.97 Å². The molecule has 116 valence electrons. The first-order chi connectivity index (χ1) is 11.0. The van der Waals surface area contributed by atoms with Gasteiger partial charge in [0.05, 0.1) is 23.1 Å². The zero-order chi connectivity index (χ0) is 16.8. The number of ether oxygens (including phenoxy) is 1. The van der Waals surface area contributed by atoms with Crippen molar-refractivity contribution < 1.29 is 14.3 Å². The van der Waals surface area contributed by atoms with Crippen molar-refractivity contribution >= 4 is 17.6 Å². The third-order valence-electron chi connectivity index (χ3n) is 2.95. The molecule has 1 N–H and O–H groups in total. The zero-order valence-electron chi connectivity index (χ0n) is 12.6. The van der Waals surface area contributed by atoms with Crippen LogP contribution in [0.3, 0.4) is 0 Å². The van der Waals surface area contributed by atoms with Crippen molar-refractivity contribution in [1.29, 1.82) is 5.26 Å². The maximum Gasteiger partial charge on any atom is 0.359 e. The number of amides is 1. The van der Waals surface area contributed by atoms with Crippen LogP contribution in [0.5, 0.6) is 0 Å². The number of nitriles is 1. The van der Waals surface area contributed by atoms with Crippen LogP contribution < -0.4 is 5.32 Å². The maximum atomic E-state index is 12.1. The number of benzene rings is 1. The Morgan fingerprint density at radius 1 is 1.26 bits per heavy atom. The first kappa shape index (κ1) is 16.1. The van der Waals surface area contributed by atoms with Gasteiger partial charge in [-0.25, -0.2) is 9.78 Å². The van der Waals surface area contributed by atoms with Crippen LogP contribution in [0.4, 0.5) is 5.69 Å². The third-order valence-corrected chi connectivity index (χ3v) is 2.95. The number of carbonyl (C=O) groups is 2. The molecule has 0 unspecified atom stereocenters. The summed E-state index contributed by atoms with van der Waals surface area (Å²) in [5.41, 5.74) is 1.37. The van der Waals surface area contributed by atoms with Gasteiger partial charge in [0.25, 0.3) is 5.91 Å². The lowest BCUT2D eigenvalue weighted by Crippen LogP contribution is -2.30. The highest BCUT2D eigenvalue weighted by Gasteiger charge is 2.20. The largest absolute Gasteiger partial charge is 0.448 e. The van der Waals surface area contributed by atoms with E-state index in [1.54, 1.807) is 31.2 Å². The van der Waals surface area contributed by atoms with E-state index < -0.39 is 18.0 Å². The summed E-state index contributed by atoms with van der Waals surface area (Å²) in [6.45, 7) is 3.18. The van der Waals surface area contributed by atoms with E-state index in [0.29, 0.717) is 16.9 Å². The highest BCUT2D eigenvalue weighted by molar-refractivity contribution is 5.97. The molecule has 0 aliphatic rings. The zero-order valence-corrected chi connectivity index (χ0v) is 12.6. The summed E-state index contributed by atoms with van der Waals surface area (Å²) in [6.07, 6.45) is 1.68. The van der Waals surface area contributed by atoms with E-state index in [1.165, 1.54) is 19.3 Å². The van der Waals surface area contributed by atoms with Crippen molar-refractivity contribution in [2.45, 2.75) is 20.0 Å². The summed E-state index contributed by atoms with van der Waals surface area (Å²) in [5, 5.41) is 11.5. The van der Waals surface area contributed by atoms with Gasteiger partial charge in [0.15, 0.2) is 11.8 Å². The highest BCUT2D eigenvalue weighted by Crippen LogP contribution is 2.14. The number of esters is 1. The molecule has 7 heteroatoms. The number of para-hydroxylation sites is 1. The van der Waals surface area contributed by atoms with Crippen LogP contribution in [0.15, 0.2) is 36.7 Å². The second kappa shape index (κ2) is 7.13. The summed E-state index contributed by atoms with van der Waals surface area (Å²) in [7, 11) is 0. The Morgan fingerprint density at radius 3 is 2.65 bits per heavy atom. The molecular weight excluding hydrogens is 296 g/mol. The Labute approximate surface area is 132 Å². The van der Waals surface area contributed by atoms with Gasteiger partial charge in [0.2, 0.25) is 0 Å². The van der Waals surface area contributed by atoms with Gasteiger partial charge >= 0.3 is 5.97 Å². The Morgan fingerprint density at radius 2 is 2.00 bits per heavy atom. The lowest BCUT2D eigenvalue weighted by atomic mass is 10.2. The molecule has 1 amide bonds. The summed E-state index contributed by atoms with van der Waals surface area (Å²) in [6, 6.07) is 8.52. The molecular formula is C16H14N4O3. The van der Waals surface area contributed by atoms with Gasteiger partial charge in [0, 0.05) is 6.20 Å². The number of hydrogen-bond donors (Lipinski definition) is 1. The molecule has 7 nitrogen and oxygen atoms in total. The van der Waals surface area contributed by atoms with E-state index >= 15 is 0 Å². The van der Waals surface area contributed by atoms with Gasteiger partial charge in [-0.3, -0.25) is 9.78 Å². The van der Waals surface area contributed by atoms with Gasteiger partial charge in [0.1, 0.15) is 6.07 Å². The minimum Gasteiger partial charge on any atom is -0.448 e. The number of aryl methyl sites for hydroxylation is 1. The van der Waals surface area contributed by atoms with Crippen molar-refractivity contribution in [3.05, 3.63) is 53.6 Å². The maximum absolute atomic E-state index is 12.1. The van der Waals surface area contributed by atoms with Crippen LogP contribution in [-0.4, -0.2) is 27.9 Å². The molecule has 0 spiro atoms. The molecule has 1 heterocycles. The Bertz CT molecular complexity index is 766. The Kier molecular flexibility index (Phi) is 5.00. The summed E-state index contributed by atoms with van der Waals surface area (Å²) < 4.78 is 5.05. The lowest BCUT2D eigenvalue weighted by Gasteiger charge is -2.13. The topological polar surface area (TPSA) is 105 Å². The normalized spacial score (nSPS) is 11.2. The van der Waals surface area contributed by atoms with E-state index in [1.807, 2.05) is 6.07 Å². The van der Waals surface area contributed by atoms with Crippen LogP contribution in [0.2, 0.25) is 0 Å². The van der Waals surface area contributed by atoms with Gasteiger partial charge in [-0.15, -0.1) is 0 Å². The van der Waals surface area contributed by atoms with Crippen LogP contribution in [0, 0.1) is 18.3 Å². The van der Waals surface area contributed by atoms with Crippen LogP contribution in [0.25, 0.3) is 0 Å². The Balaban J connectivity index is 2.01. The molecule has 1 aromatic heterocycles. The average molecular weight is 310 g/mol. The van der Waals surface area contributed by atoms with Crippen LogP contribution in [0.1, 0.15) is 28.7 Å². The van der Waals surface area contributed by atoms with Crippen LogP contribution >= 0.6 is 0 Å². The second-order valence-electron chi connectivity index (χ2n) is 4.74. The molecule has 0 fully saturated rings. The minimum atomic E-state index is -1.04. The smallest absolute Gasteiger partial charge is 0.359 e. The van der Waals surface area contributed by atoms with Gasteiger partial charge in [-0.2, -0.15) is 5.26 Å². The molecule has 0 aliphatic carbocycles. The van der Waals surface area contributed by atoms with Gasteiger partial charge in [-0.1, -0.05) is 12.1 Å². The SMILES string of the molecule is Cc1cnc(C(=O)O[C@H](C)C(=O)Nc2ccccc2C#N)cn1. The number of anilines is 1. The fraction of sp³-hybridized carbons (Fsp3) is 0.188. The van der Waals surface area contributed by atoms with E-state index in [2.05, 4.69) is 15.3 Å². The van der Waals surface area contributed by atoms with Crippen molar-refractivity contribution in [3.8, 4) is 6.07 Å². The standard InChI is InChI=1S/C16H14N4O3/c1-10-8-19-14(9-18-10)16(22)23-11(2)15(21)20-13-6-4-3-5-12(13)7-17/h3-6,8-9,11H,1-2H3,(H,20,21)/t11-/m1/s1. The molecule has 0 radical (unpaired) electrons.